The number of hydrogen-bond acceptors (Lipinski definition) is 1. The summed E-state index contributed by atoms with van der Waals surface area (Å²) in [6.07, 6.45) is -4.39. The Morgan fingerprint density at radius 3 is 2.19 bits per heavy atom. The van der Waals surface area contributed by atoms with Gasteiger partial charge in [-0.3, -0.25) is 4.57 Å². The van der Waals surface area contributed by atoms with Crippen molar-refractivity contribution in [2.75, 3.05) is 0 Å². The predicted octanol–water partition coefficient (Wildman–Crippen LogP) is 6.02. The van der Waals surface area contributed by atoms with Crippen LogP contribution in [0.4, 0.5) is 13.2 Å². The minimum Gasteiger partial charge on any atom is -0.292 e. The molecule has 5 heteroatoms. The number of fused-ring (bicyclic) bond motifs is 1. The van der Waals surface area contributed by atoms with Gasteiger partial charge in [0.05, 0.1) is 16.6 Å². The number of nitrogens with zero attached hydrogens (tertiary/aromatic N) is 2. The van der Waals surface area contributed by atoms with E-state index in [0.29, 0.717) is 16.9 Å². The van der Waals surface area contributed by atoms with Crippen LogP contribution in [0.15, 0.2) is 72.8 Å². The quantitative estimate of drug-likeness (QED) is 0.431. The average molecular weight is 352 g/mol. The Morgan fingerprint density at radius 1 is 0.846 bits per heavy atom. The molecule has 0 atom stereocenters. The van der Waals surface area contributed by atoms with Crippen molar-refractivity contribution >= 4 is 11.0 Å². The molecule has 0 unspecified atom stereocenters. The Morgan fingerprint density at radius 2 is 1.54 bits per heavy atom. The highest BCUT2D eigenvalue weighted by atomic mass is 19.4. The van der Waals surface area contributed by atoms with Gasteiger partial charge >= 0.3 is 6.18 Å². The zero-order valence-corrected chi connectivity index (χ0v) is 14.0. The van der Waals surface area contributed by atoms with Crippen LogP contribution in [0.1, 0.15) is 11.1 Å². The molecule has 0 saturated carbocycles. The van der Waals surface area contributed by atoms with Crippen LogP contribution < -0.4 is 0 Å². The van der Waals surface area contributed by atoms with Crippen LogP contribution in [0.25, 0.3) is 28.1 Å². The standard InChI is InChI=1S/C21H15F3N2/c1-14-7-9-15(10-8-14)20-25-18-13-16(21(22,23)24)11-12-19(18)26(20)17-5-3-2-4-6-17/h2-13H,1H3. The fourth-order valence-corrected chi connectivity index (χ4v) is 2.99. The Labute approximate surface area is 148 Å². The van der Waals surface area contributed by atoms with Gasteiger partial charge in [0.1, 0.15) is 5.82 Å². The van der Waals surface area contributed by atoms with E-state index in [1.807, 2.05) is 66.1 Å². The lowest BCUT2D eigenvalue weighted by atomic mass is 10.1. The largest absolute Gasteiger partial charge is 0.416 e. The van der Waals surface area contributed by atoms with Crippen molar-refractivity contribution in [3.63, 3.8) is 0 Å². The number of aromatic nitrogens is 2. The van der Waals surface area contributed by atoms with Crippen LogP contribution in [0.2, 0.25) is 0 Å². The number of imidazole rings is 1. The summed E-state index contributed by atoms with van der Waals surface area (Å²) in [7, 11) is 0. The summed E-state index contributed by atoms with van der Waals surface area (Å²) in [6.45, 7) is 1.99. The van der Waals surface area contributed by atoms with Gasteiger partial charge in [0.25, 0.3) is 0 Å². The molecule has 0 aliphatic rings. The van der Waals surface area contributed by atoms with Crippen molar-refractivity contribution in [1.82, 2.24) is 9.55 Å². The Kier molecular flexibility index (Phi) is 3.80. The molecule has 0 bridgehead atoms. The molecule has 4 aromatic rings. The van der Waals surface area contributed by atoms with Gasteiger partial charge in [0.15, 0.2) is 0 Å². The van der Waals surface area contributed by atoms with Crippen LogP contribution in [0.3, 0.4) is 0 Å². The van der Waals surface area contributed by atoms with E-state index in [0.717, 1.165) is 28.9 Å². The zero-order chi connectivity index (χ0) is 18.3. The second-order valence-electron chi connectivity index (χ2n) is 6.17. The van der Waals surface area contributed by atoms with Crippen LogP contribution in [-0.4, -0.2) is 9.55 Å². The summed E-state index contributed by atoms with van der Waals surface area (Å²) in [6, 6.07) is 21.0. The van der Waals surface area contributed by atoms with E-state index >= 15 is 0 Å². The summed E-state index contributed by atoms with van der Waals surface area (Å²) < 4.78 is 41.1. The number of hydrogen-bond donors (Lipinski definition) is 0. The lowest BCUT2D eigenvalue weighted by Crippen LogP contribution is -2.04. The first-order chi connectivity index (χ1) is 12.4. The highest BCUT2D eigenvalue weighted by molar-refractivity contribution is 5.84. The van der Waals surface area contributed by atoms with E-state index in [2.05, 4.69) is 4.98 Å². The fraction of sp³-hybridized carbons (Fsp3) is 0.0952. The first-order valence-corrected chi connectivity index (χ1v) is 8.16. The third-order valence-corrected chi connectivity index (χ3v) is 4.31. The summed E-state index contributed by atoms with van der Waals surface area (Å²) in [5.41, 5.74) is 3.07. The van der Waals surface area contributed by atoms with Crippen LogP contribution in [0.5, 0.6) is 0 Å². The molecule has 1 heterocycles. The van der Waals surface area contributed by atoms with E-state index in [1.165, 1.54) is 6.07 Å². The van der Waals surface area contributed by atoms with E-state index in [1.54, 1.807) is 0 Å². The highest BCUT2D eigenvalue weighted by Gasteiger charge is 2.31. The smallest absolute Gasteiger partial charge is 0.292 e. The van der Waals surface area contributed by atoms with Gasteiger partial charge in [-0.15, -0.1) is 0 Å². The zero-order valence-electron chi connectivity index (χ0n) is 14.0. The topological polar surface area (TPSA) is 17.8 Å². The van der Waals surface area contributed by atoms with Gasteiger partial charge in [-0.2, -0.15) is 13.2 Å². The molecule has 3 aromatic carbocycles. The molecule has 4 rings (SSSR count). The molecular formula is C21H15F3N2. The molecule has 0 radical (unpaired) electrons. The lowest BCUT2D eigenvalue weighted by molar-refractivity contribution is -0.137. The lowest BCUT2D eigenvalue weighted by Gasteiger charge is -2.10. The summed E-state index contributed by atoms with van der Waals surface area (Å²) in [4.78, 5) is 4.53. The normalized spacial score (nSPS) is 11.8. The Bertz CT molecular complexity index is 1060. The minimum absolute atomic E-state index is 0.319. The van der Waals surface area contributed by atoms with Crippen LogP contribution in [-0.2, 0) is 6.18 Å². The second kappa shape index (κ2) is 6.02. The van der Waals surface area contributed by atoms with E-state index in [-0.39, 0.29) is 0 Å². The monoisotopic (exact) mass is 352 g/mol. The predicted molar refractivity (Wildman–Crippen MR) is 96.2 cm³/mol. The van der Waals surface area contributed by atoms with Crippen molar-refractivity contribution in [2.45, 2.75) is 13.1 Å². The molecule has 1 aromatic heterocycles. The third-order valence-electron chi connectivity index (χ3n) is 4.31. The van der Waals surface area contributed by atoms with E-state index in [9.17, 15) is 13.2 Å². The summed E-state index contributed by atoms with van der Waals surface area (Å²) in [5.74, 6) is 0.616. The van der Waals surface area contributed by atoms with Crippen LogP contribution in [0, 0.1) is 6.92 Å². The molecule has 0 aliphatic heterocycles. The second-order valence-corrected chi connectivity index (χ2v) is 6.17. The molecule has 0 fully saturated rings. The van der Waals surface area contributed by atoms with Gasteiger partial charge in [-0.25, -0.2) is 4.98 Å². The maximum atomic E-state index is 13.1. The van der Waals surface area contributed by atoms with Crippen LogP contribution >= 0.6 is 0 Å². The number of para-hydroxylation sites is 1. The van der Waals surface area contributed by atoms with Gasteiger partial charge in [0, 0.05) is 11.3 Å². The fourth-order valence-electron chi connectivity index (χ4n) is 2.99. The van der Waals surface area contributed by atoms with Gasteiger partial charge in [-0.1, -0.05) is 48.0 Å². The maximum Gasteiger partial charge on any atom is 0.416 e. The molecule has 2 nitrogen and oxygen atoms in total. The Hall–Kier alpha value is -3.08. The van der Waals surface area contributed by atoms with Crippen molar-refractivity contribution in [3.05, 3.63) is 83.9 Å². The highest BCUT2D eigenvalue weighted by Crippen LogP contribution is 2.34. The van der Waals surface area contributed by atoms with E-state index < -0.39 is 11.7 Å². The maximum absolute atomic E-state index is 13.1. The molecule has 0 amide bonds. The van der Waals surface area contributed by atoms with Gasteiger partial charge in [0.2, 0.25) is 0 Å². The summed E-state index contributed by atoms with van der Waals surface area (Å²) in [5, 5.41) is 0. The molecule has 26 heavy (non-hydrogen) atoms. The molecule has 0 spiro atoms. The van der Waals surface area contributed by atoms with Crippen molar-refractivity contribution < 1.29 is 13.2 Å². The van der Waals surface area contributed by atoms with Gasteiger partial charge < -0.3 is 0 Å². The first-order valence-electron chi connectivity index (χ1n) is 8.16. The molecule has 0 N–H and O–H groups in total. The molecule has 130 valence electrons. The van der Waals surface area contributed by atoms with E-state index in [4.69, 9.17) is 0 Å². The Balaban J connectivity index is 2.01. The number of alkyl halides is 3. The molecule has 0 saturated heterocycles. The minimum atomic E-state index is -4.39. The number of halogens is 3. The third kappa shape index (κ3) is 2.86. The van der Waals surface area contributed by atoms with Crippen molar-refractivity contribution in [3.8, 4) is 17.1 Å². The van der Waals surface area contributed by atoms with Crippen molar-refractivity contribution in [1.29, 1.82) is 0 Å². The molecule has 0 aliphatic carbocycles. The number of aryl methyl sites for hydroxylation is 1. The molecular weight excluding hydrogens is 337 g/mol. The average Bonchev–Trinajstić information content (AvgIpc) is 3.01. The number of benzene rings is 3. The first kappa shape index (κ1) is 16.4. The summed E-state index contributed by atoms with van der Waals surface area (Å²) >= 11 is 0. The SMILES string of the molecule is Cc1ccc(-c2nc3cc(C(F)(F)F)ccc3n2-c2ccccc2)cc1. The van der Waals surface area contributed by atoms with Crippen molar-refractivity contribution in [2.24, 2.45) is 0 Å². The van der Waals surface area contributed by atoms with Gasteiger partial charge in [-0.05, 0) is 37.3 Å². The number of rotatable bonds is 2.